The van der Waals surface area contributed by atoms with Gasteiger partial charge in [-0.3, -0.25) is 0 Å². The van der Waals surface area contributed by atoms with Crippen LogP contribution in [0.3, 0.4) is 0 Å². The summed E-state index contributed by atoms with van der Waals surface area (Å²) in [5.74, 6) is 1.66. The van der Waals surface area contributed by atoms with Crippen LogP contribution in [0.2, 0.25) is 0 Å². The SMILES string of the molecule is SCC=S=CCS. The van der Waals surface area contributed by atoms with E-state index < -0.39 is 0 Å². The molecule has 0 spiro atoms. The van der Waals surface area contributed by atoms with E-state index in [1.165, 1.54) is 0 Å². The monoisotopic (exact) mass is 152 g/mol. The van der Waals surface area contributed by atoms with Crippen LogP contribution in [-0.4, -0.2) is 22.2 Å². The summed E-state index contributed by atoms with van der Waals surface area (Å²) in [6.45, 7) is 0. The van der Waals surface area contributed by atoms with Crippen LogP contribution in [0.25, 0.3) is 0 Å². The minimum atomic E-state index is 0.828. The van der Waals surface area contributed by atoms with Crippen molar-refractivity contribution >= 4 is 46.9 Å². The Labute approximate surface area is 58.7 Å². The molecule has 0 saturated heterocycles. The van der Waals surface area contributed by atoms with E-state index >= 15 is 0 Å². The van der Waals surface area contributed by atoms with Crippen LogP contribution in [0, 0.1) is 0 Å². The number of hydrogen-bond acceptors (Lipinski definition) is 2. The Bertz CT molecular complexity index is 72.9. The van der Waals surface area contributed by atoms with E-state index in [0.29, 0.717) is 0 Å². The normalized spacial score (nSPS) is 7.71. The fourth-order valence-corrected chi connectivity index (χ4v) is 0.979. The number of hydrogen-bond donors (Lipinski definition) is 2. The van der Waals surface area contributed by atoms with Crippen molar-refractivity contribution in [3.05, 3.63) is 0 Å². The van der Waals surface area contributed by atoms with Gasteiger partial charge in [0.15, 0.2) is 0 Å². The first-order chi connectivity index (χ1) is 3.41. The summed E-state index contributed by atoms with van der Waals surface area (Å²) in [6.07, 6.45) is 0. The predicted molar refractivity (Wildman–Crippen MR) is 47.4 cm³/mol. The molecule has 0 aliphatic heterocycles. The molecule has 0 nitrogen and oxygen atoms in total. The Morgan fingerprint density at radius 3 is 1.86 bits per heavy atom. The zero-order valence-electron chi connectivity index (χ0n) is 3.87. The van der Waals surface area contributed by atoms with Crippen LogP contribution in [0.1, 0.15) is 0 Å². The van der Waals surface area contributed by atoms with Crippen LogP contribution in [0.15, 0.2) is 0 Å². The Hall–Kier alpha value is 0.660. The molecular weight excluding hydrogens is 144 g/mol. The van der Waals surface area contributed by atoms with Crippen LogP contribution < -0.4 is 0 Å². The summed E-state index contributed by atoms with van der Waals surface area (Å²) < 4.78 is 0. The van der Waals surface area contributed by atoms with Crippen molar-refractivity contribution in [3.63, 3.8) is 0 Å². The third kappa shape index (κ3) is 6.66. The van der Waals surface area contributed by atoms with Gasteiger partial charge in [-0.05, 0) is 10.7 Å². The highest BCUT2D eigenvalue weighted by Gasteiger charge is 1.58. The molecule has 0 radical (unpaired) electrons. The highest BCUT2D eigenvalue weighted by molar-refractivity contribution is 7.98. The van der Waals surface area contributed by atoms with E-state index in [-0.39, 0.29) is 0 Å². The summed E-state index contributed by atoms with van der Waals surface area (Å²) >= 11 is 7.94. The Morgan fingerprint density at radius 1 is 1.14 bits per heavy atom. The highest BCUT2D eigenvalue weighted by Crippen LogP contribution is 1.71. The molecule has 3 heteroatoms. The molecule has 0 atom stereocenters. The first kappa shape index (κ1) is 7.66. The Morgan fingerprint density at radius 2 is 1.57 bits per heavy atom. The van der Waals surface area contributed by atoms with Gasteiger partial charge in [-0.25, -0.2) is 0 Å². The maximum atomic E-state index is 3.97. The third-order valence-corrected chi connectivity index (χ3v) is 1.92. The van der Waals surface area contributed by atoms with Gasteiger partial charge >= 0.3 is 0 Å². The van der Waals surface area contributed by atoms with Gasteiger partial charge in [0.05, 0.1) is 0 Å². The molecule has 0 rings (SSSR count). The molecule has 42 valence electrons. The lowest BCUT2D eigenvalue weighted by Gasteiger charge is -1.67. The van der Waals surface area contributed by atoms with Crippen LogP contribution in [0.5, 0.6) is 0 Å². The van der Waals surface area contributed by atoms with Gasteiger partial charge in [0.25, 0.3) is 0 Å². The molecule has 0 aliphatic carbocycles. The molecule has 0 aromatic rings. The van der Waals surface area contributed by atoms with Crippen molar-refractivity contribution in [2.45, 2.75) is 0 Å². The zero-order chi connectivity index (χ0) is 5.54. The van der Waals surface area contributed by atoms with Gasteiger partial charge in [-0.2, -0.15) is 36.2 Å². The molecule has 0 amide bonds. The molecule has 0 aromatic carbocycles. The molecule has 0 unspecified atom stereocenters. The molecule has 0 bridgehead atoms. The lowest BCUT2D eigenvalue weighted by Crippen LogP contribution is -1.67. The second kappa shape index (κ2) is 6.66. The molecule has 0 aliphatic rings. The molecule has 0 N–H and O–H groups in total. The van der Waals surface area contributed by atoms with Crippen molar-refractivity contribution in [2.24, 2.45) is 0 Å². The van der Waals surface area contributed by atoms with Crippen molar-refractivity contribution in [1.29, 1.82) is 0 Å². The zero-order valence-corrected chi connectivity index (χ0v) is 6.48. The second-order valence-corrected chi connectivity index (χ2v) is 2.50. The average Bonchev–Trinajstić information content (AvgIpc) is 1.69. The van der Waals surface area contributed by atoms with Gasteiger partial charge in [0.1, 0.15) is 0 Å². The average molecular weight is 152 g/mol. The maximum absolute atomic E-state index is 3.97. The molecule has 0 heterocycles. The van der Waals surface area contributed by atoms with E-state index in [2.05, 4.69) is 25.3 Å². The summed E-state index contributed by atoms with van der Waals surface area (Å²) in [4.78, 5) is 0. The topological polar surface area (TPSA) is 0 Å². The van der Waals surface area contributed by atoms with E-state index in [1.807, 2.05) is 10.7 Å². The lowest BCUT2D eigenvalue weighted by atomic mass is 11.0. The van der Waals surface area contributed by atoms with Crippen LogP contribution >= 0.6 is 36.2 Å². The van der Waals surface area contributed by atoms with Gasteiger partial charge in [-0.15, -0.1) is 0 Å². The fraction of sp³-hybridized carbons (Fsp3) is 0.500. The lowest BCUT2D eigenvalue weighted by molar-refractivity contribution is 2.19. The second-order valence-electron chi connectivity index (χ2n) is 0.835. The minimum Gasteiger partial charge on any atom is -0.174 e. The fourth-order valence-electron chi connectivity index (χ4n) is 0.154. The largest absolute Gasteiger partial charge is 0.174 e. The number of rotatable bonds is 2. The predicted octanol–water partition coefficient (Wildman–Crippen LogP) is 1.18. The molecule has 0 saturated carbocycles. The molecule has 0 fully saturated rings. The van der Waals surface area contributed by atoms with Crippen molar-refractivity contribution in [1.82, 2.24) is 0 Å². The van der Waals surface area contributed by atoms with E-state index in [0.717, 1.165) is 11.5 Å². The maximum Gasteiger partial charge on any atom is 0.0179 e. The standard InChI is InChI=1S/C4H8S3/c5-1-3-7-4-2-6/h3-6H,1-2H2. The van der Waals surface area contributed by atoms with Gasteiger partial charge in [0.2, 0.25) is 0 Å². The first-order valence-electron chi connectivity index (χ1n) is 1.92. The van der Waals surface area contributed by atoms with Crippen LogP contribution in [-0.2, 0) is 0 Å². The summed E-state index contributed by atoms with van der Waals surface area (Å²) in [5, 5.41) is 4.03. The van der Waals surface area contributed by atoms with Crippen LogP contribution in [0.4, 0.5) is 0 Å². The Balaban J connectivity index is 3.21. The quantitative estimate of drug-likeness (QED) is 0.431. The molecule has 0 aromatic heterocycles. The highest BCUT2D eigenvalue weighted by atomic mass is 32.1. The van der Waals surface area contributed by atoms with Crippen molar-refractivity contribution in [3.8, 4) is 0 Å². The molecular formula is C4H8S3. The van der Waals surface area contributed by atoms with E-state index in [4.69, 9.17) is 0 Å². The smallest absolute Gasteiger partial charge is 0.0179 e. The van der Waals surface area contributed by atoms with Crippen molar-refractivity contribution < 1.29 is 0 Å². The minimum absolute atomic E-state index is 0.828. The summed E-state index contributed by atoms with van der Waals surface area (Å²) in [7, 11) is 1.65. The van der Waals surface area contributed by atoms with E-state index in [9.17, 15) is 0 Å². The van der Waals surface area contributed by atoms with Gasteiger partial charge in [-0.1, -0.05) is 0 Å². The number of thiol groups is 2. The first-order valence-corrected chi connectivity index (χ1v) is 4.13. The van der Waals surface area contributed by atoms with Crippen molar-refractivity contribution in [2.75, 3.05) is 11.5 Å². The summed E-state index contributed by atoms with van der Waals surface area (Å²) in [6, 6.07) is 0. The Kier molecular flexibility index (Phi) is 7.29. The van der Waals surface area contributed by atoms with Gasteiger partial charge in [0, 0.05) is 11.5 Å². The van der Waals surface area contributed by atoms with Gasteiger partial charge < -0.3 is 0 Å². The third-order valence-electron chi connectivity index (χ3n) is 0.342. The molecule has 7 heavy (non-hydrogen) atoms. The van der Waals surface area contributed by atoms with E-state index in [1.54, 1.807) is 10.9 Å². The summed E-state index contributed by atoms with van der Waals surface area (Å²) in [5.41, 5.74) is 0.